The van der Waals surface area contributed by atoms with Gasteiger partial charge in [0.2, 0.25) is 0 Å². The Morgan fingerprint density at radius 1 is 1.27 bits per heavy atom. The standard InChI is InChI=1S/C18H27NO3/c1-3-11-19(12-4-2)18(20)16-9-5-6-10-17(16)22-14-15-8-7-13-21-15/h5-6,9-10,15H,3-4,7-8,11-14H2,1-2H3. The van der Waals surface area contributed by atoms with Gasteiger partial charge >= 0.3 is 0 Å². The maximum absolute atomic E-state index is 12.8. The first-order valence-electron chi connectivity index (χ1n) is 8.39. The molecule has 22 heavy (non-hydrogen) atoms. The van der Waals surface area contributed by atoms with Crippen molar-refractivity contribution < 1.29 is 14.3 Å². The molecule has 0 radical (unpaired) electrons. The number of hydrogen-bond acceptors (Lipinski definition) is 3. The number of hydrogen-bond donors (Lipinski definition) is 0. The molecule has 0 aliphatic carbocycles. The topological polar surface area (TPSA) is 38.8 Å². The van der Waals surface area contributed by atoms with Gasteiger partial charge in [-0.1, -0.05) is 26.0 Å². The van der Waals surface area contributed by atoms with Gasteiger partial charge in [0, 0.05) is 19.7 Å². The molecule has 1 amide bonds. The summed E-state index contributed by atoms with van der Waals surface area (Å²) in [5, 5.41) is 0. The van der Waals surface area contributed by atoms with E-state index in [1.807, 2.05) is 29.2 Å². The van der Waals surface area contributed by atoms with Crippen LogP contribution in [0, 0.1) is 0 Å². The van der Waals surface area contributed by atoms with E-state index in [-0.39, 0.29) is 12.0 Å². The van der Waals surface area contributed by atoms with E-state index in [0.29, 0.717) is 17.9 Å². The molecule has 1 aromatic carbocycles. The van der Waals surface area contributed by atoms with Crippen LogP contribution in [0.15, 0.2) is 24.3 Å². The highest BCUT2D eigenvalue weighted by atomic mass is 16.5. The average Bonchev–Trinajstić information content (AvgIpc) is 3.06. The Bertz CT molecular complexity index is 463. The van der Waals surface area contributed by atoms with Gasteiger partial charge in [0.05, 0.1) is 11.7 Å². The van der Waals surface area contributed by atoms with E-state index in [1.54, 1.807) is 0 Å². The van der Waals surface area contributed by atoms with E-state index in [2.05, 4.69) is 13.8 Å². The summed E-state index contributed by atoms with van der Waals surface area (Å²) in [7, 11) is 0. The lowest BCUT2D eigenvalue weighted by atomic mass is 10.1. The summed E-state index contributed by atoms with van der Waals surface area (Å²) in [5.74, 6) is 0.729. The van der Waals surface area contributed by atoms with Gasteiger partial charge in [-0.15, -0.1) is 0 Å². The highest BCUT2D eigenvalue weighted by Gasteiger charge is 2.20. The number of amides is 1. The minimum atomic E-state index is 0.0617. The second-order valence-electron chi connectivity index (χ2n) is 5.73. The van der Waals surface area contributed by atoms with Crippen LogP contribution < -0.4 is 4.74 Å². The largest absolute Gasteiger partial charge is 0.490 e. The molecule has 1 atom stereocenters. The summed E-state index contributed by atoms with van der Waals surface area (Å²) in [6.45, 7) is 7.09. The number of carbonyl (C=O) groups excluding carboxylic acids is 1. The summed E-state index contributed by atoms with van der Waals surface area (Å²) >= 11 is 0. The average molecular weight is 305 g/mol. The van der Waals surface area contributed by atoms with E-state index in [9.17, 15) is 4.79 Å². The van der Waals surface area contributed by atoms with Crippen molar-refractivity contribution in [1.29, 1.82) is 0 Å². The van der Waals surface area contributed by atoms with E-state index in [4.69, 9.17) is 9.47 Å². The fraction of sp³-hybridized carbons (Fsp3) is 0.611. The van der Waals surface area contributed by atoms with Gasteiger partial charge in [0.1, 0.15) is 12.4 Å². The molecular weight excluding hydrogens is 278 g/mol. The molecule has 1 heterocycles. The van der Waals surface area contributed by atoms with Crippen LogP contribution in [-0.4, -0.2) is 43.2 Å². The van der Waals surface area contributed by atoms with E-state index in [1.165, 1.54) is 0 Å². The molecule has 4 heteroatoms. The third-order valence-corrected chi connectivity index (χ3v) is 3.84. The van der Waals surface area contributed by atoms with E-state index < -0.39 is 0 Å². The maximum atomic E-state index is 12.8. The molecule has 2 rings (SSSR count). The molecule has 1 fully saturated rings. The lowest BCUT2D eigenvalue weighted by molar-refractivity contribution is 0.0650. The van der Waals surface area contributed by atoms with Gasteiger partial charge in [-0.2, -0.15) is 0 Å². The number of benzene rings is 1. The molecule has 0 aromatic heterocycles. The summed E-state index contributed by atoms with van der Waals surface area (Å²) in [6, 6.07) is 7.53. The number of para-hydroxylation sites is 1. The summed E-state index contributed by atoms with van der Waals surface area (Å²) in [6.07, 6.45) is 4.21. The third kappa shape index (κ3) is 4.47. The van der Waals surface area contributed by atoms with Crippen molar-refractivity contribution in [3.05, 3.63) is 29.8 Å². The van der Waals surface area contributed by atoms with Crippen molar-refractivity contribution in [2.45, 2.75) is 45.6 Å². The van der Waals surface area contributed by atoms with Crippen molar-refractivity contribution >= 4 is 5.91 Å². The van der Waals surface area contributed by atoms with Crippen LogP contribution in [-0.2, 0) is 4.74 Å². The first kappa shape index (κ1) is 16.8. The SMILES string of the molecule is CCCN(CCC)C(=O)c1ccccc1OCC1CCCO1. The molecular formula is C18H27NO3. The highest BCUT2D eigenvalue weighted by Crippen LogP contribution is 2.22. The number of rotatable bonds is 8. The zero-order valence-corrected chi connectivity index (χ0v) is 13.7. The molecule has 1 aliphatic heterocycles. The number of carbonyl (C=O) groups is 1. The van der Waals surface area contributed by atoms with Crippen LogP contribution in [0.1, 0.15) is 49.9 Å². The predicted octanol–water partition coefficient (Wildman–Crippen LogP) is 3.51. The Hall–Kier alpha value is -1.55. The van der Waals surface area contributed by atoms with Crippen molar-refractivity contribution in [3.63, 3.8) is 0 Å². The van der Waals surface area contributed by atoms with Gasteiger partial charge in [0.15, 0.2) is 0 Å². The molecule has 0 saturated carbocycles. The van der Waals surface area contributed by atoms with Gasteiger partial charge in [-0.25, -0.2) is 0 Å². The lowest BCUT2D eigenvalue weighted by Gasteiger charge is -2.23. The molecule has 0 spiro atoms. The fourth-order valence-electron chi connectivity index (χ4n) is 2.75. The number of ether oxygens (including phenoxy) is 2. The number of nitrogens with zero attached hydrogens (tertiary/aromatic N) is 1. The van der Waals surface area contributed by atoms with Gasteiger partial charge in [-0.05, 0) is 37.8 Å². The smallest absolute Gasteiger partial charge is 0.257 e. The zero-order chi connectivity index (χ0) is 15.8. The van der Waals surface area contributed by atoms with Crippen molar-refractivity contribution in [2.75, 3.05) is 26.3 Å². The Morgan fingerprint density at radius 2 is 2.00 bits per heavy atom. The van der Waals surface area contributed by atoms with Crippen LogP contribution >= 0.6 is 0 Å². The Labute approximate surface area is 133 Å². The maximum Gasteiger partial charge on any atom is 0.257 e. The lowest BCUT2D eigenvalue weighted by Crippen LogP contribution is -2.33. The predicted molar refractivity (Wildman–Crippen MR) is 87.4 cm³/mol. The van der Waals surface area contributed by atoms with Gasteiger partial charge < -0.3 is 14.4 Å². The normalized spacial score (nSPS) is 17.5. The van der Waals surface area contributed by atoms with Gasteiger partial charge in [0.25, 0.3) is 5.91 Å². The Morgan fingerprint density at radius 3 is 2.64 bits per heavy atom. The molecule has 1 aliphatic rings. The molecule has 0 bridgehead atoms. The Balaban J connectivity index is 2.06. The quantitative estimate of drug-likeness (QED) is 0.738. The van der Waals surface area contributed by atoms with Crippen LogP contribution in [0.3, 0.4) is 0 Å². The fourth-order valence-corrected chi connectivity index (χ4v) is 2.75. The monoisotopic (exact) mass is 305 g/mol. The first-order chi connectivity index (χ1) is 10.8. The van der Waals surface area contributed by atoms with Crippen molar-refractivity contribution in [3.8, 4) is 5.75 Å². The van der Waals surface area contributed by atoms with Crippen LogP contribution in [0.25, 0.3) is 0 Å². The molecule has 4 nitrogen and oxygen atoms in total. The van der Waals surface area contributed by atoms with Crippen LogP contribution in [0.5, 0.6) is 5.75 Å². The summed E-state index contributed by atoms with van der Waals surface area (Å²) in [4.78, 5) is 14.7. The Kier molecular flexibility index (Phi) is 6.72. The van der Waals surface area contributed by atoms with Gasteiger partial charge in [-0.3, -0.25) is 4.79 Å². The molecule has 122 valence electrons. The van der Waals surface area contributed by atoms with Crippen LogP contribution in [0.2, 0.25) is 0 Å². The van der Waals surface area contributed by atoms with Crippen molar-refractivity contribution in [1.82, 2.24) is 4.90 Å². The second kappa shape index (κ2) is 8.79. The third-order valence-electron chi connectivity index (χ3n) is 3.84. The highest BCUT2D eigenvalue weighted by molar-refractivity contribution is 5.96. The summed E-state index contributed by atoms with van der Waals surface area (Å²) < 4.78 is 11.5. The molecule has 0 N–H and O–H groups in total. The van der Waals surface area contributed by atoms with Crippen molar-refractivity contribution in [2.24, 2.45) is 0 Å². The minimum Gasteiger partial charge on any atom is -0.490 e. The first-order valence-corrected chi connectivity index (χ1v) is 8.39. The zero-order valence-electron chi connectivity index (χ0n) is 13.7. The second-order valence-corrected chi connectivity index (χ2v) is 5.73. The van der Waals surface area contributed by atoms with Crippen LogP contribution in [0.4, 0.5) is 0 Å². The van der Waals surface area contributed by atoms with E-state index >= 15 is 0 Å². The molecule has 1 unspecified atom stereocenters. The molecule has 1 aromatic rings. The summed E-state index contributed by atoms with van der Waals surface area (Å²) in [5.41, 5.74) is 0.655. The van der Waals surface area contributed by atoms with E-state index in [0.717, 1.165) is 45.4 Å². The minimum absolute atomic E-state index is 0.0617. The molecule has 1 saturated heterocycles.